The number of carbonyl (C=O) groups is 1. The summed E-state index contributed by atoms with van der Waals surface area (Å²) in [6, 6.07) is -0.830. The third-order valence-electron chi connectivity index (χ3n) is 3.37. The van der Waals surface area contributed by atoms with E-state index in [1.165, 1.54) is 0 Å². The molecule has 0 aromatic carbocycles. The first-order valence-electron chi connectivity index (χ1n) is 6.10. The summed E-state index contributed by atoms with van der Waals surface area (Å²) in [6.45, 7) is 4.08. The van der Waals surface area contributed by atoms with Crippen molar-refractivity contribution in [1.29, 1.82) is 0 Å². The molecule has 0 aliphatic carbocycles. The van der Waals surface area contributed by atoms with Gasteiger partial charge in [0.25, 0.3) is 0 Å². The number of likely N-dealkylation sites (N-methyl/N-ethyl adjacent to an activating group) is 1. The number of aryl methyl sites for hydroxylation is 1. The summed E-state index contributed by atoms with van der Waals surface area (Å²) >= 11 is 1.62. The van der Waals surface area contributed by atoms with E-state index in [0.717, 1.165) is 35.1 Å². The minimum atomic E-state index is -0.954. The van der Waals surface area contributed by atoms with Crippen LogP contribution in [0.2, 0.25) is 0 Å². The summed E-state index contributed by atoms with van der Waals surface area (Å²) in [4.78, 5) is 18.7. The molecule has 0 amide bonds. The number of nitrogens with zero attached hydrogens (tertiary/aromatic N) is 2. The summed E-state index contributed by atoms with van der Waals surface area (Å²) in [5.41, 5.74) is 6.51. The van der Waals surface area contributed by atoms with Crippen LogP contribution in [0, 0.1) is 6.92 Å². The van der Waals surface area contributed by atoms with Crippen LogP contribution < -0.4 is 5.73 Å². The Balaban J connectivity index is 2.09. The van der Waals surface area contributed by atoms with E-state index in [2.05, 4.69) is 16.9 Å². The van der Waals surface area contributed by atoms with Gasteiger partial charge in [-0.25, -0.2) is 4.98 Å². The zero-order valence-electron chi connectivity index (χ0n) is 10.7. The molecule has 0 radical (unpaired) electrons. The lowest BCUT2D eigenvalue weighted by atomic mass is 10.1. The molecule has 2 rings (SSSR count). The van der Waals surface area contributed by atoms with E-state index >= 15 is 0 Å². The van der Waals surface area contributed by atoms with Gasteiger partial charge in [0.2, 0.25) is 0 Å². The highest BCUT2D eigenvalue weighted by atomic mass is 32.1. The Morgan fingerprint density at radius 2 is 2.44 bits per heavy atom. The van der Waals surface area contributed by atoms with Gasteiger partial charge in [0, 0.05) is 23.8 Å². The lowest BCUT2D eigenvalue weighted by molar-refractivity contribution is -0.138. The zero-order chi connectivity index (χ0) is 13.3. The fraction of sp³-hybridized carbons (Fsp3) is 0.667. The molecule has 1 saturated heterocycles. The molecule has 1 fully saturated rings. The van der Waals surface area contributed by atoms with E-state index < -0.39 is 12.0 Å². The van der Waals surface area contributed by atoms with Gasteiger partial charge in [-0.05, 0) is 26.9 Å². The van der Waals surface area contributed by atoms with Crippen LogP contribution in [0.15, 0.2) is 0 Å². The van der Waals surface area contributed by atoms with Crippen molar-refractivity contribution in [3.63, 3.8) is 0 Å². The molecule has 0 saturated carbocycles. The molecule has 18 heavy (non-hydrogen) atoms. The van der Waals surface area contributed by atoms with Crippen LogP contribution in [0.3, 0.4) is 0 Å². The maximum Gasteiger partial charge on any atom is 0.320 e. The number of carboxylic acid groups (broad SMARTS) is 1. The molecule has 0 spiro atoms. The topological polar surface area (TPSA) is 79.5 Å². The van der Waals surface area contributed by atoms with E-state index in [4.69, 9.17) is 10.8 Å². The van der Waals surface area contributed by atoms with Crippen molar-refractivity contribution in [2.75, 3.05) is 20.1 Å². The molecule has 5 nitrogen and oxygen atoms in total. The van der Waals surface area contributed by atoms with Gasteiger partial charge in [0.15, 0.2) is 0 Å². The molecule has 2 atom stereocenters. The Hall–Kier alpha value is -0.980. The molecule has 2 unspecified atom stereocenters. The summed E-state index contributed by atoms with van der Waals surface area (Å²) in [5, 5.41) is 9.97. The van der Waals surface area contributed by atoms with Crippen molar-refractivity contribution in [3.8, 4) is 0 Å². The number of thiazole rings is 1. The number of carboxylic acids is 1. The molecule has 0 bridgehead atoms. The predicted molar refractivity (Wildman–Crippen MR) is 71.0 cm³/mol. The maximum absolute atomic E-state index is 10.8. The Morgan fingerprint density at radius 1 is 1.72 bits per heavy atom. The third kappa shape index (κ3) is 2.88. The van der Waals surface area contributed by atoms with Crippen LogP contribution in [-0.4, -0.2) is 47.1 Å². The van der Waals surface area contributed by atoms with E-state index in [9.17, 15) is 4.79 Å². The summed E-state index contributed by atoms with van der Waals surface area (Å²) in [5.74, 6) is -0.460. The first-order valence-corrected chi connectivity index (χ1v) is 6.92. The normalized spacial score (nSPS) is 22.3. The van der Waals surface area contributed by atoms with E-state index in [1.807, 2.05) is 6.92 Å². The molecule has 1 aliphatic rings. The van der Waals surface area contributed by atoms with Gasteiger partial charge in [-0.2, -0.15) is 0 Å². The molecule has 3 N–H and O–H groups in total. The Kier molecular flexibility index (Phi) is 3.99. The van der Waals surface area contributed by atoms with Gasteiger partial charge in [-0.15, -0.1) is 11.3 Å². The van der Waals surface area contributed by atoms with E-state index in [-0.39, 0.29) is 0 Å². The average molecular weight is 269 g/mol. The van der Waals surface area contributed by atoms with Crippen molar-refractivity contribution in [2.24, 2.45) is 5.73 Å². The number of aliphatic carboxylic acids is 1. The van der Waals surface area contributed by atoms with Crippen molar-refractivity contribution in [3.05, 3.63) is 15.6 Å². The molecule has 1 aliphatic heterocycles. The SMILES string of the molecule is Cc1nc(C2CCN(C)C2)sc1CC(N)C(=O)O. The number of aromatic nitrogens is 1. The van der Waals surface area contributed by atoms with Crippen LogP contribution >= 0.6 is 11.3 Å². The molecule has 100 valence electrons. The van der Waals surface area contributed by atoms with Gasteiger partial charge < -0.3 is 15.7 Å². The van der Waals surface area contributed by atoms with Gasteiger partial charge >= 0.3 is 5.97 Å². The quantitative estimate of drug-likeness (QED) is 0.846. The molecular formula is C12H19N3O2S. The lowest BCUT2D eigenvalue weighted by Crippen LogP contribution is -2.32. The molecule has 1 aromatic heterocycles. The fourth-order valence-electron chi connectivity index (χ4n) is 2.24. The first-order chi connectivity index (χ1) is 8.47. The first kappa shape index (κ1) is 13.5. The van der Waals surface area contributed by atoms with E-state index in [1.54, 1.807) is 11.3 Å². The highest BCUT2D eigenvalue weighted by Crippen LogP contribution is 2.31. The van der Waals surface area contributed by atoms with Crippen LogP contribution in [0.1, 0.15) is 27.9 Å². The van der Waals surface area contributed by atoms with Crippen LogP contribution in [0.25, 0.3) is 0 Å². The van der Waals surface area contributed by atoms with Crippen LogP contribution in [0.4, 0.5) is 0 Å². The number of hydrogen-bond acceptors (Lipinski definition) is 5. The second-order valence-corrected chi connectivity index (χ2v) is 6.07. The summed E-state index contributed by atoms with van der Waals surface area (Å²) < 4.78 is 0. The Bertz CT molecular complexity index is 447. The second-order valence-electron chi connectivity index (χ2n) is 4.96. The van der Waals surface area contributed by atoms with Crippen molar-refractivity contribution >= 4 is 17.3 Å². The number of nitrogens with two attached hydrogens (primary N) is 1. The average Bonchev–Trinajstić information content (AvgIpc) is 2.86. The van der Waals surface area contributed by atoms with Gasteiger partial charge in [0.1, 0.15) is 6.04 Å². The van der Waals surface area contributed by atoms with Crippen LogP contribution in [0.5, 0.6) is 0 Å². The largest absolute Gasteiger partial charge is 0.480 e. The van der Waals surface area contributed by atoms with Gasteiger partial charge in [-0.3, -0.25) is 4.79 Å². The molecule has 6 heteroatoms. The Labute approximate surface area is 111 Å². The third-order valence-corrected chi connectivity index (χ3v) is 4.71. The molecule has 1 aromatic rings. The standard InChI is InChI=1S/C12H19N3O2S/c1-7-10(5-9(13)12(16)17)18-11(14-7)8-3-4-15(2)6-8/h8-9H,3-6,13H2,1-2H3,(H,16,17). The van der Waals surface area contributed by atoms with Gasteiger partial charge in [0.05, 0.1) is 10.7 Å². The maximum atomic E-state index is 10.8. The number of rotatable bonds is 4. The lowest BCUT2D eigenvalue weighted by Gasteiger charge is -2.06. The Morgan fingerprint density at radius 3 is 3.00 bits per heavy atom. The van der Waals surface area contributed by atoms with Crippen LogP contribution in [-0.2, 0) is 11.2 Å². The van der Waals surface area contributed by atoms with E-state index in [0.29, 0.717) is 12.3 Å². The van der Waals surface area contributed by atoms with Crippen molar-refractivity contribution in [2.45, 2.75) is 31.7 Å². The highest BCUT2D eigenvalue weighted by Gasteiger charge is 2.25. The minimum absolute atomic E-state index is 0.376. The zero-order valence-corrected chi connectivity index (χ0v) is 11.5. The molecule has 2 heterocycles. The number of likely N-dealkylation sites (tertiary alicyclic amines) is 1. The van der Waals surface area contributed by atoms with Crippen molar-refractivity contribution < 1.29 is 9.90 Å². The smallest absolute Gasteiger partial charge is 0.320 e. The number of hydrogen-bond donors (Lipinski definition) is 2. The fourth-order valence-corrected chi connectivity index (χ4v) is 3.49. The summed E-state index contributed by atoms with van der Waals surface area (Å²) in [6.07, 6.45) is 1.51. The predicted octanol–water partition coefficient (Wildman–Crippen LogP) is 0.825. The molecular weight excluding hydrogens is 250 g/mol. The summed E-state index contributed by atoms with van der Waals surface area (Å²) in [7, 11) is 2.11. The second kappa shape index (κ2) is 5.34. The minimum Gasteiger partial charge on any atom is -0.480 e. The highest BCUT2D eigenvalue weighted by molar-refractivity contribution is 7.11. The van der Waals surface area contributed by atoms with Crippen molar-refractivity contribution in [1.82, 2.24) is 9.88 Å². The van der Waals surface area contributed by atoms with Gasteiger partial charge in [-0.1, -0.05) is 0 Å². The monoisotopic (exact) mass is 269 g/mol.